The van der Waals surface area contributed by atoms with E-state index in [9.17, 15) is 0 Å². The minimum atomic E-state index is 0.00792. The van der Waals surface area contributed by atoms with Crippen molar-refractivity contribution in [2.75, 3.05) is 27.4 Å². The molecule has 1 radical (unpaired) electrons. The van der Waals surface area contributed by atoms with Gasteiger partial charge in [0.05, 0.1) is 12.7 Å². The Morgan fingerprint density at radius 3 is 2.85 bits per heavy atom. The Hall–Kier alpha value is -0.0951. The molecule has 1 aliphatic heterocycles. The van der Waals surface area contributed by atoms with Crippen LogP contribution < -0.4 is 5.64 Å². The molecule has 1 aliphatic rings. The molecule has 1 heterocycles. The van der Waals surface area contributed by atoms with E-state index in [-0.39, 0.29) is 18.0 Å². The molecule has 13 heavy (non-hydrogen) atoms. The first-order valence-electron chi connectivity index (χ1n) is 4.52. The van der Waals surface area contributed by atoms with E-state index in [2.05, 4.69) is 0 Å². The van der Waals surface area contributed by atoms with Crippen LogP contribution in [-0.2, 0) is 14.2 Å². The lowest BCUT2D eigenvalue weighted by atomic mass is 9.69. The van der Waals surface area contributed by atoms with E-state index in [0.717, 1.165) is 13.0 Å². The SMILES string of the molecule is COCC1OCCC([B]N)C1OC. The van der Waals surface area contributed by atoms with E-state index in [1.54, 1.807) is 21.6 Å². The van der Waals surface area contributed by atoms with Crippen molar-refractivity contribution in [2.45, 2.75) is 24.4 Å². The third-order valence-corrected chi connectivity index (χ3v) is 2.42. The fraction of sp³-hybridized carbons (Fsp3) is 1.00. The van der Waals surface area contributed by atoms with E-state index in [1.807, 2.05) is 0 Å². The number of hydrogen-bond donors (Lipinski definition) is 1. The zero-order valence-corrected chi connectivity index (χ0v) is 8.23. The van der Waals surface area contributed by atoms with E-state index in [0.29, 0.717) is 6.61 Å². The van der Waals surface area contributed by atoms with Gasteiger partial charge in [-0.2, -0.15) is 0 Å². The van der Waals surface area contributed by atoms with Gasteiger partial charge in [0, 0.05) is 20.8 Å². The lowest BCUT2D eigenvalue weighted by molar-refractivity contribution is -0.114. The predicted molar refractivity (Wildman–Crippen MR) is 50.7 cm³/mol. The fourth-order valence-corrected chi connectivity index (χ4v) is 1.73. The molecule has 0 aromatic carbocycles. The molecule has 1 fully saturated rings. The molecule has 0 aromatic rings. The van der Waals surface area contributed by atoms with Crippen LogP contribution in [0.15, 0.2) is 0 Å². The highest BCUT2D eigenvalue weighted by molar-refractivity contribution is 6.33. The van der Waals surface area contributed by atoms with Crippen LogP contribution in [-0.4, -0.2) is 47.1 Å². The molecule has 75 valence electrons. The van der Waals surface area contributed by atoms with Crippen LogP contribution in [0.2, 0.25) is 5.82 Å². The molecule has 4 nitrogen and oxygen atoms in total. The van der Waals surface area contributed by atoms with Gasteiger partial charge < -0.3 is 19.9 Å². The quantitative estimate of drug-likeness (QED) is 0.618. The monoisotopic (exact) mass is 186 g/mol. The van der Waals surface area contributed by atoms with E-state index in [1.165, 1.54) is 0 Å². The molecular formula is C8H17BNO3. The van der Waals surface area contributed by atoms with E-state index >= 15 is 0 Å². The van der Waals surface area contributed by atoms with Crippen LogP contribution in [0.5, 0.6) is 0 Å². The maximum Gasteiger partial charge on any atom is 0.208 e. The Kier molecular flexibility index (Phi) is 4.73. The molecule has 0 aromatic heterocycles. The second kappa shape index (κ2) is 5.60. The van der Waals surface area contributed by atoms with Crippen LogP contribution in [0, 0.1) is 0 Å². The summed E-state index contributed by atoms with van der Waals surface area (Å²) < 4.78 is 15.9. The molecule has 2 N–H and O–H groups in total. The number of hydrogen-bond acceptors (Lipinski definition) is 4. The van der Waals surface area contributed by atoms with Crippen molar-refractivity contribution in [3.8, 4) is 0 Å². The van der Waals surface area contributed by atoms with Crippen LogP contribution in [0.3, 0.4) is 0 Å². The summed E-state index contributed by atoms with van der Waals surface area (Å²) in [6.07, 6.45) is 0.960. The summed E-state index contributed by atoms with van der Waals surface area (Å²) in [5, 5.41) is 0. The standard InChI is InChI=1S/C8H17BNO3/c1-11-5-7-8(12-2)6(9-10)3-4-13-7/h6-8H,3-5,10H2,1-2H3. The van der Waals surface area contributed by atoms with E-state index in [4.69, 9.17) is 19.9 Å². The van der Waals surface area contributed by atoms with Crippen molar-refractivity contribution in [1.82, 2.24) is 0 Å². The average molecular weight is 186 g/mol. The van der Waals surface area contributed by atoms with Crippen molar-refractivity contribution in [2.24, 2.45) is 5.64 Å². The van der Waals surface area contributed by atoms with Gasteiger partial charge in [-0.15, -0.1) is 0 Å². The smallest absolute Gasteiger partial charge is 0.208 e. The largest absolute Gasteiger partial charge is 0.382 e. The maximum absolute atomic E-state index is 5.53. The summed E-state index contributed by atoms with van der Waals surface area (Å²) in [6, 6.07) is 0. The van der Waals surface area contributed by atoms with Crippen LogP contribution in [0.1, 0.15) is 6.42 Å². The number of ether oxygens (including phenoxy) is 3. The van der Waals surface area contributed by atoms with Crippen molar-refractivity contribution in [1.29, 1.82) is 0 Å². The summed E-state index contributed by atoms with van der Waals surface area (Å²) in [7, 11) is 5.03. The number of methoxy groups -OCH3 is 2. The number of nitrogens with two attached hydrogens (primary N) is 1. The first-order valence-corrected chi connectivity index (χ1v) is 4.52. The van der Waals surface area contributed by atoms with Crippen LogP contribution >= 0.6 is 0 Å². The highest BCUT2D eigenvalue weighted by atomic mass is 16.6. The molecular weight excluding hydrogens is 169 g/mol. The van der Waals surface area contributed by atoms with Gasteiger partial charge in [0.2, 0.25) is 7.41 Å². The maximum atomic E-state index is 5.53. The third kappa shape index (κ3) is 2.67. The topological polar surface area (TPSA) is 53.7 Å². The average Bonchev–Trinajstić information content (AvgIpc) is 2.18. The normalized spacial score (nSPS) is 34.5. The van der Waals surface area contributed by atoms with Crippen molar-refractivity contribution in [3.05, 3.63) is 0 Å². The lowest BCUT2D eigenvalue weighted by Gasteiger charge is -2.36. The zero-order chi connectivity index (χ0) is 9.68. The first-order chi connectivity index (χ1) is 6.33. The van der Waals surface area contributed by atoms with Crippen molar-refractivity contribution < 1.29 is 14.2 Å². The highest BCUT2D eigenvalue weighted by Crippen LogP contribution is 2.26. The molecule has 0 spiro atoms. The van der Waals surface area contributed by atoms with Crippen LogP contribution in [0.25, 0.3) is 0 Å². The predicted octanol–water partition coefficient (Wildman–Crippen LogP) is -0.197. The summed E-state index contributed by atoms with van der Waals surface area (Å²) in [5.41, 5.74) is 5.53. The van der Waals surface area contributed by atoms with Crippen molar-refractivity contribution >= 4 is 7.41 Å². The summed E-state index contributed by atoms with van der Waals surface area (Å²) >= 11 is 0. The van der Waals surface area contributed by atoms with Gasteiger partial charge in [-0.1, -0.05) is 0 Å². The second-order valence-corrected chi connectivity index (χ2v) is 3.21. The third-order valence-electron chi connectivity index (χ3n) is 2.42. The second-order valence-electron chi connectivity index (χ2n) is 3.21. The van der Waals surface area contributed by atoms with Gasteiger partial charge in [0.1, 0.15) is 6.10 Å². The molecule has 0 amide bonds. The summed E-state index contributed by atoms with van der Waals surface area (Å²) in [5.74, 6) is 0.277. The van der Waals surface area contributed by atoms with Gasteiger partial charge in [-0.25, -0.2) is 0 Å². The Labute approximate surface area is 80.0 Å². The molecule has 1 saturated heterocycles. The first kappa shape index (κ1) is 11.0. The zero-order valence-electron chi connectivity index (χ0n) is 8.23. The van der Waals surface area contributed by atoms with Gasteiger partial charge in [0.15, 0.2) is 0 Å². The van der Waals surface area contributed by atoms with Crippen LogP contribution in [0.4, 0.5) is 0 Å². The Balaban J connectivity index is 2.50. The fourth-order valence-electron chi connectivity index (χ4n) is 1.73. The molecule has 1 rings (SSSR count). The molecule has 5 heteroatoms. The van der Waals surface area contributed by atoms with Gasteiger partial charge in [-0.05, 0) is 12.2 Å². The molecule has 3 atom stereocenters. The Bertz CT molecular complexity index is 145. The Morgan fingerprint density at radius 2 is 2.31 bits per heavy atom. The van der Waals surface area contributed by atoms with Crippen molar-refractivity contribution in [3.63, 3.8) is 0 Å². The molecule has 0 bridgehead atoms. The Morgan fingerprint density at radius 1 is 1.54 bits per heavy atom. The van der Waals surface area contributed by atoms with E-state index < -0.39 is 0 Å². The number of rotatable bonds is 4. The van der Waals surface area contributed by atoms with Gasteiger partial charge in [0.25, 0.3) is 0 Å². The molecule has 0 aliphatic carbocycles. The molecule has 3 unspecified atom stereocenters. The minimum absolute atomic E-state index is 0.00792. The minimum Gasteiger partial charge on any atom is -0.382 e. The lowest BCUT2D eigenvalue weighted by Crippen LogP contribution is -2.45. The summed E-state index contributed by atoms with van der Waals surface area (Å²) in [6.45, 7) is 1.29. The molecule has 0 saturated carbocycles. The summed E-state index contributed by atoms with van der Waals surface area (Å²) in [4.78, 5) is 0. The highest BCUT2D eigenvalue weighted by Gasteiger charge is 2.33. The van der Waals surface area contributed by atoms with Gasteiger partial charge >= 0.3 is 0 Å². The van der Waals surface area contributed by atoms with Gasteiger partial charge in [-0.3, -0.25) is 0 Å².